The van der Waals surface area contributed by atoms with E-state index < -0.39 is 12.0 Å². The van der Waals surface area contributed by atoms with Crippen LogP contribution in [-0.2, 0) is 11.3 Å². The minimum atomic E-state index is -0.877. The van der Waals surface area contributed by atoms with Crippen molar-refractivity contribution in [2.24, 2.45) is 5.92 Å². The zero-order chi connectivity index (χ0) is 14.3. The van der Waals surface area contributed by atoms with Gasteiger partial charge in [-0.2, -0.15) is 0 Å². The lowest BCUT2D eigenvalue weighted by Crippen LogP contribution is -2.46. The van der Waals surface area contributed by atoms with Gasteiger partial charge >= 0.3 is 5.97 Å². The van der Waals surface area contributed by atoms with Gasteiger partial charge in [0, 0.05) is 6.54 Å². The van der Waals surface area contributed by atoms with Crippen LogP contribution in [0.1, 0.15) is 25.8 Å². The van der Waals surface area contributed by atoms with Crippen LogP contribution in [0.3, 0.4) is 0 Å². The average molecular weight is 280 g/mol. The molecule has 0 amide bonds. The Bertz CT molecular complexity index is 421. The molecule has 0 radical (unpaired) electrons. The fourth-order valence-electron chi connectivity index (χ4n) is 1.68. The van der Waals surface area contributed by atoms with Crippen molar-refractivity contribution in [3.8, 4) is 0 Å². The molecule has 0 aliphatic rings. The third-order valence-electron chi connectivity index (χ3n) is 2.61. The maximum Gasteiger partial charge on any atom is 0.326 e. The van der Waals surface area contributed by atoms with Crippen molar-refractivity contribution >= 4 is 23.3 Å². The SMILES string of the molecule is CC(C)C[C@H](NC(=S)NCc1ccccc1)C(=O)O. The van der Waals surface area contributed by atoms with Crippen molar-refractivity contribution in [1.29, 1.82) is 0 Å². The van der Waals surface area contributed by atoms with Gasteiger partial charge in [-0.1, -0.05) is 44.2 Å². The van der Waals surface area contributed by atoms with E-state index in [1.165, 1.54) is 0 Å². The van der Waals surface area contributed by atoms with Crippen molar-refractivity contribution in [1.82, 2.24) is 10.6 Å². The van der Waals surface area contributed by atoms with E-state index in [-0.39, 0.29) is 0 Å². The van der Waals surface area contributed by atoms with Crippen LogP contribution in [0.5, 0.6) is 0 Å². The molecular formula is C14H20N2O2S. The molecule has 0 spiro atoms. The highest BCUT2D eigenvalue weighted by Crippen LogP contribution is 2.05. The standard InChI is InChI=1S/C14H20N2O2S/c1-10(2)8-12(13(17)18)16-14(19)15-9-11-6-4-3-5-7-11/h3-7,10,12H,8-9H2,1-2H3,(H,17,18)(H2,15,16,19)/t12-/m0/s1. The van der Waals surface area contributed by atoms with Gasteiger partial charge in [0.2, 0.25) is 0 Å². The largest absolute Gasteiger partial charge is 0.480 e. The highest BCUT2D eigenvalue weighted by Gasteiger charge is 2.19. The third-order valence-corrected chi connectivity index (χ3v) is 2.87. The Balaban J connectivity index is 2.42. The number of benzene rings is 1. The Hall–Kier alpha value is -1.62. The molecule has 104 valence electrons. The lowest BCUT2D eigenvalue weighted by molar-refractivity contribution is -0.139. The number of rotatable bonds is 6. The van der Waals surface area contributed by atoms with E-state index in [4.69, 9.17) is 17.3 Å². The topological polar surface area (TPSA) is 61.4 Å². The summed E-state index contributed by atoms with van der Waals surface area (Å²) in [7, 11) is 0. The molecule has 1 aromatic rings. The van der Waals surface area contributed by atoms with Crippen LogP contribution in [0.15, 0.2) is 30.3 Å². The summed E-state index contributed by atoms with van der Waals surface area (Å²) < 4.78 is 0. The Labute approximate surface area is 119 Å². The molecule has 1 atom stereocenters. The highest BCUT2D eigenvalue weighted by molar-refractivity contribution is 7.80. The first-order valence-corrected chi connectivity index (χ1v) is 6.71. The molecule has 4 nitrogen and oxygen atoms in total. The highest BCUT2D eigenvalue weighted by atomic mass is 32.1. The number of carbonyl (C=O) groups is 1. The number of hydrogen-bond donors (Lipinski definition) is 3. The first-order chi connectivity index (χ1) is 8.99. The van der Waals surface area contributed by atoms with E-state index in [2.05, 4.69) is 10.6 Å². The van der Waals surface area contributed by atoms with E-state index in [1.807, 2.05) is 44.2 Å². The van der Waals surface area contributed by atoms with Crippen molar-refractivity contribution in [3.05, 3.63) is 35.9 Å². The molecule has 1 aromatic carbocycles. The predicted octanol–water partition coefficient (Wildman–Crippen LogP) is 2.15. The molecule has 1 rings (SSSR count). The summed E-state index contributed by atoms with van der Waals surface area (Å²) in [4.78, 5) is 11.1. The monoisotopic (exact) mass is 280 g/mol. The summed E-state index contributed by atoms with van der Waals surface area (Å²) in [5, 5.41) is 15.3. The van der Waals surface area contributed by atoms with Crippen LogP contribution >= 0.6 is 12.2 Å². The van der Waals surface area contributed by atoms with Crippen molar-refractivity contribution < 1.29 is 9.90 Å². The van der Waals surface area contributed by atoms with Gasteiger partial charge in [-0.15, -0.1) is 0 Å². The number of hydrogen-bond acceptors (Lipinski definition) is 2. The van der Waals surface area contributed by atoms with Crippen LogP contribution in [0.4, 0.5) is 0 Å². The smallest absolute Gasteiger partial charge is 0.326 e. The lowest BCUT2D eigenvalue weighted by Gasteiger charge is -2.18. The van der Waals surface area contributed by atoms with Gasteiger partial charge in [0.05, 0.1) is 0 Å². The maximum absolute atomic E-state index is 11.1. The molecule has 0 unspecified atom stereocenters. The Morgan fingerprint density at radius 2 is 1.95 bits per heavy atom. The number of thiocarbonyl (C=S) groups is 1. The van der Waals surface area contributed by atoms with Crippen LogP contribution in [0.25, 0.3) is 0 Å². The molecule has 3 N–H and O–H groups in total. The van der Waals surface area contributed by atoms with E-state index in [1.54, 1.807) is 0 Å². The zero-order valence-corrected chi connectivity index (χ0v) is 12.0. The molecule has 0 aliphatic carbocycles. The number of carboxylic acids is 1. The Morgan fingerprint density at radius 1 is 1.32 bits per heavy atom. The van der Waals surface area contributed by atoms with E-state index >= 15 is 0 Å². The first-order valence-electron chi connectivity index (χ1n) is 6.30. The van der Waals surface area contributed by atoms with E-state index in [9.17, 15) is 4.79 Å². The molecule has 5 heteroatoms. The quantitative estimate of drug-likeness (QED) is 0.697. The second-order valence-corrected chi connectivity index (χ2v) is 5.24. The fourth-order valence-corrected chi connectivity index (χ4v) is 1.89. The molecule has 0 heterocycles. The van der Waals surface area contributed by atoms with Crippen LogP contribution in [-0.4, -0.2) is 22.2 Å². The summed E-state index contributed by atoms with van der Waals surface area (Å²) in [6, 6.07) is 9.18. The number of nitrogens with one attached hydrogen (secondary N) is 2. The van der Waals surface area contributed by atoms with Crippen LogP contribution in [0.2, 0.25) is 0 Å². The van der Waals surface area contributed by atoms with Gasteiger partial charge in [0.1, 0.15) is 6.04 Å². The molecule has 0 saturated heterocycles. The Morgan fingerprint density at radius 3 is 2.47 bits per heavy atom. The van der Waals surface area contributed by atoms with E-state index in [0.29, 0.717) is 24.0 Å². The van der Waals surface area contributed by atoms with Crippen molar-refractivity contribution in [2.45, 2.75) is 32.9 Å². The summed E-state index contributed by atoms with van der Waals surface area (Å²) in [5.41, 5.74) is 1.10. The van der Waals surface area contributed by atoms with Gasteiger partial charge in [-0.3, -0.25) is 0 Å². The number of aliphatic carboxylic acids is 1. The summed E-state index contributed by atoms with van der Waals surface area (Å²) in [6.07, 6.45) is 0.544. The second-order valence-electron chi connectivity index (χ2n) is 4.83. The minimum Gasteiger partial charge on any atom is -0.480 e. The van der Waals surface area contributed by atoms with E-state index in [0.717, 1.165) is 5.56 Å². The molecule has 19 heavy (non-hydrogen) atoms. The molecule has 0 aromatic heterocycles. The molecule has 0 bridgehead atoms. The van der Waals surface area contributed by atoms with Gasteiger partial charge in [0.15, 0.2) is 5.11 Å². The third kappa shape index (κ3) is 6.20. The summed E-state index contributed by atoms with van der Waals surface area (Å²) >= 11 is 5.12. The second kappa shape index (κ2) is 7.74. The van der Waals surface area contributed by atoms with Crippen LogP contribution < -0.4 is 10.6 Å². The zero-order valence-electron chi connectivity index (χ0n) is 11.2. The van der Waals surface area contributed by atoms with Crippen molar-refractivity contribution in [2.75, 3.05) is 0 Å². The Kier molecular flexibility index (Phi) is 6.29. The van der Waals surface area contributed by atoms with Gasteiger partial charge in [-0.05, 0) is 30.1 Å². The maximum atomic E-state index is 11.1. The number of carboxylic acid groups (broad SMARTS) is 1. The predicted molar refractivity (Wildman–Crippen MR) is 79.9 cm³/mol. The van der Waals surface area contributed by atoms with Gasteiger partial charge < -0.3 is 15.7 Å². The molecular weight excluding hydrogens is 260 g/mol. The lowest BCUT2D eigenvalue weighted by atomic mass is 10.0. The normalized spacial score (nSPS) is 11.9. The summed E-state index contributed by atoms with van der Waals surface area (Å²) in [6.45, 7) is 4.55. The van der Waals surface area contributed by atoms with Crippen LogP contribution in [0, 0.1) is 5.92 Å². The first kappa shape index (κ1) is 15.4. The minimum absolute atomic E-state index is 0.297. The average Bonchev–Trinajstić information content (AvgIpc) is 2.36. The molecule has 0 saturated carbocycles. The van der Waals surface area contributed by atoms with Crippen molar-refractivity contribution in [3.63, 3.8) is 0 Å². The fraction of sp³-hybridized carbons (Fsp3) is 0.429. The molecule has 0 fully saturated rings. The summed E-state index contributed by atoms with van der Waals surface area (Å²) in [5.74, 6) is -0.580. The van der Waals surface area contributed by atoms with Gasteiger partial charge in [-0.25, -0.2) is 4.79 Å². The molecule has 0 aliphatic heterocycles. The van der Waals surface area contributed by atoms with Gasteiger partial charge in [0.25, 0.3) is 0 Å².